The van der Waals surface area contributed by atoms with Crippen LogP contribution in [0, 0.1) is 6.92 Å². The minimum Gasteiger partial charge on any atom is -0.494 e. The van der Waals surface area contributed by atoms with Crippen LogP contribution in [0.2, 0.25) is 5.02 Å². The van der Waals surface area contributed by atoms with Gasteiger partial charge in [-0.05, 0) is 74.0 Å². The summed E-state index contributed by atoms with van der Waals surface area (Å²) < 4.78 is 5.40. The molecule has 7 nitrogen and oxygen atoms in total. The van der Waals surface area contributed by atoms with Crippen LogP contribution in [0.4, 0.5) is 17.1 Å². The number of imide groups is 1. The first-order valence-electron chi connectivity index (χ1n) is 10.7. The minimum absolute atomic E-state index is 0.0755. The Kier molecular flexibility index (Phi) is 7.10. The van der Waals surface area contributed by atoms with Gasteiger partial charge in [0.25, 0.3) is 17.7 Å². The van der Waals surface area contributed by atoms with Gasteiger partial charge < -0.3 is 15.4 Å². The van der Waals surface area contributed by atoms with Crippen LogP contribution in [-0.4, -0.2) is 24.3 Å². The number of nitrogens with one attached hydrogen (secondary N) is 2. The first-order valence-corrected chi connectivity index (χ1v) is 11.5. The summed E-state index contributed by atoms with van der Waals surface area (Å²) in [5.41, 5.74) is 2.50. The Morgan fingerprint density at radius 3 is 2.37 bits per heavy atom. The van der Waals surface area contributed by atoms with Gasteiger partial charge in [0.05, 0.1) is 12.3 Å². The summed E-state index contributed by atoms with van der Waals surface area (Å²) in [5, 5.41) is 5.97. The summed E-state index contributed by atoms with van der Waals surface area (Å²) in [6.07, 6.45) is 0. The van der Waals surface area contributed by atoms with Crippen molar-refractivity contribution in [3.05, 3.63) is 93.6 Å². The standard InChI is InChI=1S/C26H21Cl2N3O4/c1-3-35-20-11-9-19(10-12-20)31-25(33)22(28)23(26(31)34)29-17-6-4-5-16(13-17)24(32)30-18-8-7-15(2)21(27)14-18/h4-14,29H,3H2,1-2H3,(H,30,32). The molecule has 178 valence electrons. The molecule has 3 amide bonds. The zero-order valence-electron chi connectivity index (χ0n) is 18.9. The second-order valence-corrected chi connectivity index (χ2v) is 8.47. The fourth-order valence-electron chi connectivity index (χ4n) is 3.46. The molecule has 1 heterocycles. The molecule has 0 radical (unpaired) electrons. The van der Waals surface area contributed by atoms with Gasteiger partial charge in [-0.3, -0.25) is 14.4 Å². The highest BCUT2D eigenvalue weighted by molar-refractivity contribution is 6.53. The van der Waals surface area contributed by atoms with Crippen molar-refractivity contribution < 1.29 is 19.1 Å². The number of aryl methyl sites for hydroxylation is 1. The average Bonchev–Trinajstić information content (AvgIpc) is 3.05. The van der Waals surface area contributed by atoms with E-state index in [1.54, 1.807) is 60.7 Å². The summed E-state index contributed by atoms with van der Waals surface area (Å²) in [7, 11) is 0. The molecule has 3 aromatic carbocycles. The van der Waals surface area contributed by atoms with E-state index in [9.17, 15) is 14.4 Å². The molecule has 0 aliphatic carbocycles. The molecule has 0 unspecified atom stereocenters. The largest absolute Gasteiger partial charge is 0.494 e. The van der Waals surface area contributed by atoms with Gasteiger partial charge in [0, 0.05) is 22.0 Å². The van der Waals surface area contributed by atoms with Crippen molar-refractivity contribution in [2.24, 2.45) is 0 Å². The van der Waals surface area contributed by atoms with E-state index in [1.165, 1.54) is 0 Å². The molecule has 0 spiro atoms. The zero-order chi connectivity index (χ0) is 25.1. The van der Waals surface area contributed by atoms with Crippen molar-refractivity contribution in [2.45, 2.75) is 13.8 Å². The third kappa shape index (κ3) is 5.16. The Morgan fingerprint density at radius 1 is 0.943 bits per heavy atom. The number of carbonyl (C=O) groups is 3. The molecular formula is C26H21Cl2N3O4. The van der Waals surface area contributed by atoms with Gasteiger partial charge in [-0.15, -0.1) is 0 Å². The lowest BCUT2D eigenvalue weighted by Crippen LogP contribution is -2.32. The lowest BCUT2D eigenvalue weighted by Gasteiger charge is -2.16. The fourth-order valence-corrected chi connectivity index (χ4v) is 3.85. The second-order valence-electron chi connectivity index (χ2n) is 7.69. The molecular weight excluding hydrogens is 489 g/mol. The number of rotatable bonds is 7. The highest BCUT2D eigenvalue weighted by Gasteiger charge is 2.39. The number of carbonyl (C=O) groups excluding carboxylic acids is 3. The number of anilines is 3. The smallest absolute Gasteiger partial charge is 0.283 e. The van der Waals surface area contributed by atoms with E-state index in [0.717, 1.165) is 10.5 Å². The molecule has 3 aromatic rings. The van der Waals surface area contributed by atoms with E-state index in [1.807, 2.05) is 19.9 Å². The van der Waals surface area contributed by atoms with Gasteiger partial charge in [-0.1, -0.05) is 35.3 Å². The van der Waals surface area contributed by atoms with Crippen LogP contribution in [-0.2, 0) is 9.59 Å². The fraction of sp³-hybridized carbons (Fsp3) is 0.115. The Bertz CT molecular complexity index is 1350. The topological polar surface area (TPSA) is 87.7 Å². The number of halogens is 2. The Morgan fingerprint density at radius 2 is 1.69 bits per heavy atom. The Balaban J connectivity index is 1.51. The van der Waals surface area contributed by atoms with E-state index in [2.05, 4.69) is 10.6 Å². The van der Waals surface area contributed by atoms with E-state index in [0.29, 0.717) is 40.0 Å². The van der Waals surface area contributed by atoms with Gasteiger partial charge in [-0.25, -0.2) is 4.90 Å². The number of benzene rings is 3. The maximum Gasteiger partial charge on any atom is 0.283 e. The van der Waals surface area contributed by atoms with Gasteiger partial charge in [0.1, 0.15) is 16.5 Å². The Labute approximate surface area is 212 Å². The van der Waals surface area contributed by atoms with Gasteiger partial charge in [-0.2, -0.15) is 0 Å². The van der Waals surface area contributed by atoms with E-state index < -0.39 is 11.8 Å². The van der Waals surface area contributed by atoms with Gasteiger partial charge in [0.15, 0.2) is 0 Å². The number of ether oxygens (including phenoxy) is 1. The lowest BCUT2D eigenvalue weighted by atomic mass is 10.1. The SMILES string of the molecule is CCOc1ccc(N2C(=O)C(Cl)=C(Nc3cccc(C(=O)Nc4ccc(C)c(Cl)c4)c3)C2=O)cc1. The molecule has 0 saturated heterocycles. The molecule has 0 bridgehead atoms. The molecule has 0 aromatic heterocycles. The van der Waals surface area contributed by atoms with E-state index in [4.69, 9.17) is 27.9 Å². The quantitative estimate of drug-likeness (QED) is 0.396. The van der Waals surface area contributed by atoms with Crippen LogP contribution in [0.15, 0.2) is 77.5 Å². The summed E-state index contributed by atoms with van der Waals surface area (Å²) in [6, 6.07) is 18.3. The Hall–Kier alpha value is -3.81. The van der Waals surface area contributed by atoms with Crippen molar-refractivity contribution in [3.63, 3.8) is 0 Å². The number of nitrogens with zero attached hydrogens (tertiary/aromatic N) is 1. The van der Waals surface area contributed by atoms with Crippen LogP contribution >= 0.6 is 23.2 Å². The van der Waals surface area contributed by atoms with Crippen molar-refractivity contribution in [1.29, 1.82) is 0 Å². The molecule has 0 atom stereocenters. The predicted molar refractivity (Wildman–Crippen MR) is 137 cm³/mol. The number of hydrogen-bond acceptors (Lipinski definition) is 5. The normalized spacial score (nSPS) is 13.3. The molecule has 1 aliphatic rings. The highest BCUT2D eigenvalue weighted by atomic mass is 35.5. The zero-order valence-corrected chi connectivity index (χ0v) is 20.4. The predicted octanol–water partition coefficient (Wildman–Crippen LogP) is 5.74. The van der Waals surface area contributed by atoms with E-state index in [-0.39, 0.29) is 16.6 Å². The molecule has 0 saturated carbocycles. The average molecular weight is 510 g/mol. The lowest BCUT2D eigenvalue weighted by molar-refractivity contribution is -0.120. The monoisotopic (exact) mass is 509 g/mol. The van der Waals surface area contributed by atoms with Crippen LogP contribution in [0.1, 0.15) is 22.8 Å². The first-order chi connectivity index (χ1) is 16.8. The minimum atomic E-state index is -0.645. The molecule has 35 heavy (non-hydrogen) atoms. The van der Waals surface area contributed by atoms with Crippen LogP contribution in [0.25, 0.3) is 0 Å². The van der Waals surface area contributed by atoms with Gasteiger partial charge in [0.2, 0.25) is 0 Å². The van der Waals surface area contributed by atoms with Crippen LogP contribution in [0.5, 0.6) is 5.75 Å². The maximum absolute atomic E-state index is 13.0. The second kappa shape index (κ2) is 10.2. The van der Waals surface area contributed by atoms with Crippen molar-refractivity contribution in [3.8, 4) is 5.75 Å². The molecule has 1 aliphatic heterocycles. The summed E-state index contributed by atoms with van der Waals surface area (Å²) >= 11 is 12.4. The molecule has 2 N–H and O–H groups in total. The third-order valence-corrected chi connectivity index (χ3v) is 6.01. The van der Waals surface area contributed by atoms with E-state index >= 15 is 0 Å². The molecule has 0 fully saturated rings. The molecule has 4 rings (SSSR count). The highest BCUT2D eigenvalue weighted by Crippen LogP contribution is 2.31. The van der Waals surface area contributed by atoms with Gasteiger partial charge >= 0.3 is 0 Å². The first kappa shape index (κ1) is 24.3. The van der Waals surface area contributed by atoms with Crippen molar-refractivity contribution >= 4 is 58.0 Å². The summed E-state index contributed by atoms with van der Waals surface area (Å²) in [5.74, 6) is -0.990. The maximum atomic E-state index is 13.0. The van der Waals surface area contributed by atoms with Crippen LogP contribution in [0.3, 0.4) is 0 Å². The number of hydrogen-bond donors (Lipinski definition) is 2. The van der Waals surface area contributed by atoms with Crippen molar-refractivity contribution in [1.82, 2.24) is 0 Å². The summed E-state index contributed by atoms with van der Waals surface area (Å²) in [4.78, 5) is 39.5. The molecule has 9 heteroatoms. The van der Waals surface area contributed by atoms with Crippen LogP contribution < -0.4 is 20.3 Å². The number of amides is 3. The van der Waals surface area contributed by atoms with Crippen molar-refractivity contribution in [2.75, 3.05) is 22.1 Å². The summed E-state index contributed by atoms with van der Waals surface area (Å²) in [6.45, 7) is 4.23. The third-order valence-electron chi connectivity index (χ3n) is 5.26.